The average molecular weight is 435 g/mol. The smallest absolute Gasteiger partial charge is 0.254 e. The van der Waals surface area contributed by atoms with Gasteiger partial charge in [-0.25, -0.2) is 8.42 Å². The first kappa shape index (κ1) is 21.5. The van der Waals surface area contributed by atoms with Crippen LogP contribution in [0.5, 0.6) is 0 Å². The van der Waals surface area contributed by atoms with Crippen molar-refractivity contribution in [3.63, 3.8) is 0 Å². The molecule has 6 nitrogen and oxygen atoms in total. The number of amides is 1. The molecule has 0 bridgehead atoms. The fraction of sp³-hybridized carbons (Fsp3) is 0.333. The first-order chi connectivity index (χ1) is 13.7. The van der Waals surface area contributed by atoms with Crippen molar-refractivity contribution in [2.24, 2.45) is 0 Å². The molecule has 29 heavy (non-hydrogen) atoms. The minimum atomic E-state index is -3.01. The maximum absolute atomic E-state index is 13.1. The van der Waals surface area contributed by atoms with Crippen molar-refractivity contribution < 1.29 is 18.0 Å². The molecule has 1 fully saturated rings. The Kier molecular flexibility index (Phi) is 6.72. The van der Waals surface area contributed by atoms with E-state index in [4.69, 9.17) is 11.6 Å². The maximum atomic E-state index is 13.1. The summed E-state index contributed by atoms with van der Waals surface area (Å²) in [6.07, 6.45) is 1.22. The van der Waals surface area contributed by atoms with Crippen LogP contribution in [-0.4, -0.2) is 74.6 Å². The lowest BCUT2D eigenvalue weighted by molar-refractivity contribution is 0.0641. The van der Waals surface area contributed by atoms with E-state index in [1.165, 1.54) is 6.26 Å². The van der Waals surface area contributed by atoms with E-state index >= 15 is 0 Å². The van der Waals surface area contributed by atoms with E-state index in [2.05, 4.69) is 0 Å². The van der Waals surface area contributed by atoms with Gasteiger partial charge in [0.05, 0.1) is 11.3 Å². The van der Waals surface area contributed by atoms with Gasteiger partial charge < -0.3 is 4.90 Å². The number of ketones is 1. The van der Waals surface area contributed by atoms with Gasteiger partial charge in [0.2, 0.25) is 0 Å². The molecule has 1 aliphatic heterocycles. The van der Waals surface area contributed by atoms with Crippen LogP contribution in [0, 0.1) is 0 Å². The molecule has 0 atom stereocenters. The highest BCUT2D eigenvalue weighted by molar-refractivity contribution is 7.90. The largest absolute Gasteiger partial charge is 0.336 e. The van der Waals surface area contributed by atoms with Gasteiger partial charge in [0.25, 0.3) is 5.91 Å². The molecular formula is C21H23ClN2O4S. The van der Waals surface area contributed by atoms with Crippen LogP contribution in [0.2, 0.25) is 5.02 Å². The maximum Gasteiger partial charge on any atom is 0.254 e. The number of rotatable bonds is 6. The van der Waals surface area contributed by atoms with E-state index in [0.717, 1.165) is 0 Å². The zero-order chi connectivity index (χ0) is 21.0. The molecule has 3 rings (SSSR count). The first-order valence-corrected chi connectivity index (χ1v) is 11.8. The van der Waals surface area contributed by atoms with Gasteiger partial charge in [0, 0.05) is 55.1 Å². The summed E-state index contributed by atoms with van der Waals surface area (Å²) in [7, 11) is -3.01. The Morgan fingerprint density at radius 2 is 1.52 bits per heavy atom. The summed E-state index contributed by atoms with van der Waals surface area (Å²) in [6, 6.07) is 13.4. The topological polar surface area (TPSA) is 74.8 Å². The minimum absolute atomic E-state index is 0.110. The molecule has 0 unspecified atom stereocenters. The standard InChI is InChI=1S/C21H23ClN2O4S/c1-29(27,28)15-14-23-10-12-24(13-11-23)21(26)19-5-3-2-4-18(19)20(25)16-6-8-17(22)9-7-16/h2-9H,10-15H2,1H3. The lowest BCUT2D eigenvalue weighted by atomic mass is 9.97. The monoisotopic (exact) mass is 434 g/mol. The van der Waals surface area contributed by atoms with Crippen LogP contribution in [0.25, 0.3) is 0 Å². The second kappa shape index (κ2) is 9.07. The van der Waals surface area contributed by atoms with Crippen LogP contribution >= 0.6 is 11.6 Å². The summed E-state index contributed by atoms with van der Waals surface area (Å²) in [5, 5.41) is 0.541. The minimum Gasteiger partial charge on any atom is -0.336 e. The second-order valence-electron chi connectivity index (χ2n) is 7.15. The fourth-order valence-electron chi connectivity index (χ4n) is 3.26. The van der Waals surface area contributed by atoms with Gasteiger partial charge in [0.1, 0.15) is 9.84 Å². The molecule has 1 saturated heterocycles. The number of carbonyl (C=O) groups excluding carboxylic acids is 2. The number of hydrogen-bond acceptors (Lipinski definition) is 5. The second-order valence-corrected chi connectivity index (χ2v) is 9.84. The number of carbonyl (C=O) groups is 2. The Morgan fingerprint density at radius 1 is 0.931 bits per heavy atom. The summed E-state index contributed by atoms with van der Waals surface area (Å²) < 4.78 is 22.7. The molecule has 1 heterocycles. The summed E-state index contributed by atoms with van der Waals surface area (Å²) >= 11 is 5.90. The Bertz CT molecular complexity index is 998. The molecule has 2 aromatic carbocycles. The lowest BCUT2D eigenvalue weighted by Gasteiger charge is -2.34. The SMILES string of the molecule is CS(=O)(=O)CCN1CCN(C(=O)c2ccccc2C(=O)c2ccc(Cl)cc2)CC1. The molecule has 0 radical (unpaired) electrons. The highest BCUT2D eigenvalue weighted by atomic mass is 35.5. The highest BCUT2D eigenvalue weighted by Crippen LogP contribution is 2.19. The van der Waals surface area contributed by atoms with Gasteiger partial charge in [-0.3, -0.25) is 14.5 Å². The number of benzene rings is 2. The van der Waals surface area contributed by atoms with Crippen LogP contribution in [0.15, 0.2) is 48.5 Å². The zero-order valence-corrected chi connectivity index (χ0v) is 17.7. The summed E-state index contributed by atoms with van der Waals surface area (Å²) in [4.78, 5) is 29.7. The summed E-state index contributed by atoms with van der Waals surface area (Å²) in [6.45, 7) is 2.66. The molecule has 1 aliphatic rings. The van der Waals surface area contributed by atoms with Crippen molar-refractivity contribution in [1.82, 2.24) is 9.80 Å². The average Bonchev–Trinajstić information content (AvgIpc) is 2.71. The molecular weight excluding hydrogens is 412 g/mol. The third kappa shape index (κ3) is 5.65. The van der Waals surface area contributed by atoms with Crippen LogP contribution in [0.1, 0.15) is 26.3 Å². The number of nitrogens with zero attached hydrogens (tertiary/aromatic N) is 2. The van der Waals surface area contributed by atoms with Gasteiger partial charge in [-0.2, -0.15) is 0 Å². The van der Waals surface area contributed by atoms with Crippen molar-refractivity contribution in [3.05, 3.63) is 70.2 Å². The van der Waals surface area contributed by atoms with E-state index in [1.807, 2.05) is 4.90 Å². The molecule has 0 N–H and O–H groups in total. The van der Waals surface area contributed by atoms with Gasteiger partial charge in [-0.05, 0) is 30.3 Å². The molecule has 0 saturated carbocycles. The van der Waals surface area contributed by atoms with Crippen LogP contribution in [0.3, 0.4) is 0 Å². The van der Waals surface area contributed by atoms with Crippen molar-refractivity contribution in [1.29, 1.82) is 0 Å². The third-order valence-electron chi connectivity index (χ3n) is 4.95. The Morgan fingerprint density at radius 3 is 2.10 bits per heavy atom. The Hall–Kier alpha value is -2.22. The molecule has 154 valence electrons. The van der Waals surface area contributed by atoms with Crippen molar-refractivity contribution in [2.75, 3.05) is 44.7 Å². The lowest BCUT2D eigenvalue weighted by Crippen LogP contribution is -2.49. The Balaban J connectivity index is 1.71. The van der Waals surface area contributed by atoms with E-state index in [-0.39, 0.29) is 17.4 Å². The normalized spacial score (nSPS) is 15.3. The molecule has 0 aromatic heterocycles. The molecule has 1 amide bonds. The number of piperazine rings is 1. The fourth-order valence-corrected chi connectivity index (χ4v) is 3.98. The van der Waals surface area contributed by atoms with E-state index in [0.29, 0.717) is 54.4 Å². The molecule has 8 heteroatoms. The Labute approximate surface area is 176 Å². The van der Waals surface area contributed by atoms with E-state index < -0.39 is 9.84 Å². The number of halogens is 1. The first-order valence-electron chi connectivity index (χ1n) is 9.33. The van der Waals surface area contributed by atoms with Crippen LogP contribution in [0.4, 0.5) is 0 Å². The van der Waals surface area contributed by atoms with Crippen LogP contribution < -0.4 is 0 Å². The molecule has 0 spiro atoms. The van der Waals surface area contributed by atoms with Crippen molar-refractivity contribution >= 4 is 33.1 Å². The predicted octanol–water partition coefficient (Wildman–Crippen LogP) is 2.37. The quantitative estimate of drug-likeness (QED) is 0.652. The van der Waals surface area contributed by atoms with E-state index in [9.17, 15) is 18.0 Å². The van der Waals surface area contributed by atoms with Gasteiger partial charge >= 0.3 is 0 Å². The van der Waals surface area contributed by atoms with Gasteiger partial charge in [0.15, 0.2) is 5.78 Å². The van der Waals surface area contributed by atoms with Gasteiger partial charge in [-0.15, -0.1) is 0 Å². The predicted molar refractivity (Wildman–Crippen MR) is 113 cm³/mol. The van der Waals surface area contributed by atoms with E-state index in [1.54, 1.807) is 53.4 Å². The highest BCUT2D eigenvalue weighted by Gasteiger charge is 2.26. The summed E-state index contributed by atoms with van der Waals surface area (Å²) in [5.74, 6) is -0.303. The van der Waals surface area contributed by atoms with Crippen molar-refractivity contribution in [3.8, 4) is 0 Å². The number of sulfone groups is 1. The number of hydrogen-bond donors (Lipinski definition) is 0. The van der Waals surface area contributed by atoms with Gasteiger partial charge in [-0.1, -0.05) is 29.8 Å². The molecule has 2 aromatic rings. The third-order valence-corrected chi connectivity index (χ3v) is 6.12. The molecule has 0 aliphatic carbocycles. The van der Waals surface area contributed by atoms with Crippen molar-refractivity contribution in [2.45, 2.75) is 0 Å². The van der Waals surface area contributed by atoms with Crippen LogP contribution in [-0.2, 0) is 9.84 Å². The zero-order valence-electron chi connectivity index (χ0n) is 16.2. The summed E-state index contributed by atoms with van der Waals surface area (Å²) in [5.41, 5.74) is 1.21.